The number of aryl methyl sites for hydroxylation is 1. The number of hydrogen-bond donors (Lipinski definition) is 1. The van der Waals surface area contributed by atoms with E-state index in [0.29, 0.717) is 12.2 Å². The van der Waals surface area contributed by atoms with Crippen LogP contribution in [-0.2, 0) is 11.3 Å². The molecule has 0 aliphatic rings. The second-order valence-corrected chi connectivity index (χ2v) is 4.52. The molecule has 2 rings (SSSR count). The Morgan fingerprint density at radius 1 is 1.20 bits per heavy atom. The number of esters is 1. The smallest absolute Gasteiger partial charge is 0.340 e. The summed E-state index contributed by atoms with van der Waals surface area (Å²) in [6.07, 6.45) is 0. The highest BCUT2D eigenvalue weighted by atomic mass is 19.1. The van der Waals surface area contributed by atoms with Gasteiger partial charge in [-0.1, -0.05) is 29.8 Å². The van der Waals surface area contributed by atoms with Crippen molar-refractivity contribution in [3.8, 4) is 0 Å². The van der Waals surface area contributed by atoms with Crippen LogP contribution in [0.5, 0.6) is 0 Å². The van der Waals surface area contributed by atoms with Crippen LogP contribution in [0.3, 0.4) is 0 Å². The van der Waals surface area contributed by atoms with E-state index < -0.39 is 11.8 Å². The van der Waals surface area contributed by atoms with Crippen molar-refractivity contribution < 1.29 is 13.9 Å². The van der Waals surface area contributed by atoms with Crippen molar-refractivity contribution in [2.75, 3.05) is 12.4 Å². The van der Waals surface area contributed by atoms with Gasteiger partial charge in [0.15, 0.2) is 0 Å². The lowest BCUT2D eigenvalue weighted by Gasteiger charge is -2.11. The lowest BCUT2D eigenvalue weighted by atomic mass is 10.1. The molecule has 0 bridgehead atoms. The first-order chi connectivity index (χ1) is 9.60. The second kappa shape index (κ2) is 6.19. The molecule has 3 nitrogen and oxygen atoms in total. The Morgan fingerprint density at radius 2 is 1.90 bits per heavy atom. The first-order valence-corrected chi connectivity index (χ1v) is 6.27. The molecule has 0 saturated heterocycles. The average molecular weight is 273 g/mol. The minimum Gasteiger partial charge on any atom is -0.465 e. The Hall–Kier alpha value is -2.36. The van der Waals surface area contributed by atoms with Crippen molar-refractivity contribution in [1.82, 2.24) is 0 Å². The quantitative estimate of drug-likeness (QED) is 0.866. The number of hydrogen-bond acceptors (Lipinski definition) is 3. The van der Waals surface area contributed by atoms with Gasteiger partial charge in [0.25, 0.3) is 0 Å². The molecule has 0 aliphatic carbocycles. The Balaban J connectivity index is 2.16. The van der Waals surface area contributed by atoms with Gasteiger partial charge in [-0.3, -0.25) is 0 Å². The van der Waals surface area contributed by atoms with Crippen molar-refractivity contribution in [3.05, 3.63) is 65.0 Å². The van der Waals surface area contributed by atoms with Crippen LogP contribution in [-0.4, -0.2) is 13.1 Å². The summed E-state index contributed by atoms with van der Waals surface area (Å²) in [7, 11) is 1.27. The summed E-state index contributed by atoms with van der Waals surface area (Å²) in [4.78, 5) is 11.6. The predicted octanol–water partition coefficient (Wildman–Crippen LogP) is 3.53. The molecule has 0 amide bonds. The summed E-state index contributed by atoms with van der Waals surface area (Å²) < 4.78 is 17.9. The van der Waals surface area contributed by atoms with E-state index in [1.807, 2.05) is 31.2 Å². The normalized spacial score (nSPS) is 10.2. The third-order valence-corrected chi connectivity index (χ3v) is 2.99. The van der Waals surface area contributed by atoms with Crippen molar-refractivity contribution in [1.29, 1.82) is 0 Å². The van der Waals surface area contributed by atoms with Gasteiger partial charge in [0, 0.05) is 12.2 Å². The molecule has 0 unspecified atom stereocenters. The van der Waals surface area contributed by atoms with Gasteiger partial charge in [-0.05, 0) is 30.7 Å². The van der Waals surface area contributed by atoms with Gasteiger partial charge >= 0.3 is 5.97 Å². The number of methoxy groups -OCH3 is 1. The summed E-state index contributed by atoms with van der Waals surface area (Å²) >= 11 is 0. The number of halogens is 1. The lowest BCUT2D eigenvalue weighted by molar-refractivity contribution is 0.0601. The van der Waals surface area contributed by atoms with Crippen LogP contribution in [0.4, 0.5) is 10.1 Å². The average Bonchev–Trinajstić information content (AvgIpc) is 2.46. The molecule has 0 saturated carbocycles. The number of rotatable bonds is 4. The van der Waals surface area contributed by atoms with Crippen LogP contribution in [0.1, 0.15) is 21.5 Å². The molecule has 0 radical (unpaired) electrons. The Labute approximate surface area is 117 Å². The maximum atomic E-state index is 13.2. The topological polar surface area (TPSA) is 38.3 Å². The molecular formula is C16H16FNO2. The van der Waals surface area contributed by atoms with E-state index in [9.17, 15) is 9.18 Å². The van der Waals surface area contributed by atoms with Crippen LogP contribution in [0, 0.1) is 12.7 Å². The standard InChI is InChI=1S/C16H16FNO2/c1-11-3-5-12(6-4-11)10-18-15-8-7-13(17)9-14(15)16(19)20-2/h3-9,18H,10H2,1-2H3. The number of benzene rings is 2. The van der Waals surface area contributed by atoms with E-state index >= 15 is 0 Å². The van der Waals surface area contributed by atoms with Crippen molar-refractivity contribution in [3.63, 3.8) is 0 Å². The van der Waals surface area contributed by atoms with Gasteiger partial charge in [-0.15, -0.1) is 0 Å². The fourth-order valence-electron chi connectivity index (χ4n) is 1.85. The van der Waals surface area contributed by atoms with E-state index in [1.54, 1.807) is 0 Å². The van der Waals surface area contributed by atoms with Crippen LogP contribution >= 0.6 is 0 Å². The van der Waals surface area contributed by atoms with Crippen LogP contribution < -0.4 is 5.32 Å². The summed E-state index contributed by atoms with van der Waals surface area (Å²) in [5, 5.41) is 3.12. The molecule has 0 aromatic heterocycles. The Kier molecular flexibility index (Phi) is 4.35. The highest BCUT2D eigenvalue weighted by Gasteiger charge is 2.12. The van der Waals surface area contributed by atoms with Crippen LogP contribution in [0.15, 0.2) is 42.5 Å². The largest absolute Gasteiger partial charge is 0.465 e. The zero-order chi connectivity index (χ0) is 14.5. The summed E-state index contributed by atoms with van der Waals surface area (Å²) in [5.74, 6) is -1.03. The molecule has 0 spiro atoms. The summed E-state index contributed by atoms with van der Waals surface area (Å²) in [6, 6.07) is 12.1. The third kappa shape index (κ3) is 3.35. The maximum Gasteiger partial charge on any atom is 0.340 e. The van der Waals surface area contributed by atoms with E-state index in [4.69, 9.17) is 0 Å². The molecule has 0 fully saturated rings. The van der Waals surface area contributed by atoms with Crippen molar-refractivity contribution in [2.45, 2.75) is 13.5 Å². The number of carbonyl (C=O) groups excluding carboxylic acids is 1. The minimum atomic E-state index is -0.559. The first-order valence-electron chi connectivity index (χ1n) is 6.27. The third-order valence-electron chi connectivity index (χ3n) is 2.99. The van der Waals surface area contributed by atoms with Crippen molar-refractivity contribution >= 4 is 11.7 Å². The second-order valence-electron chi connectivity index (χ2n) is 4.52. The van der Waals surface area contributed by atoms with E-state index in [2.05, 4.69) is 10.1 Å². The zero-order valence-electron chi connectivity index (χ0n) is 11.4. The molecule has 0 aliphatic heterocycles. The van der Waals surface area contributed by atoms with Crippen molar-refractivity contribution in [2.24, 2.45) is 0 Å². The van der Waals surface area contributed by atoms with Crippen LogP contribution in [0.2, 0.25) is 0 Å². The Morgan fingerprint density at radius 3 is 2.55 bits per heavy atom. The van der Waals surface area contributed by atoms with E-state index in [1.165, 1.54) is 30.9 Å². The zero-order valence-corrected chi connectivity index (χ0v) is 11.4. The molecule has 0 heterocycles. The molecule has 0 atom stereocenters. The monoisotopic (exact) mass is 273 g/mol. The van der Waals surface area contributed by atoms with Crippen LogP contribution in [0.25, 0.3) is 0 Å². The Bertz CT molecular complexity index is 608. The van der Waals surface area contributed by atoms with E-state index in [0.717, 1.165) is 5.56 Å². The fourth-order valence-corrected chi connectivity index (χ4v) is 1.85. The number of carbonyl (C=O) groups is 1. The van der Waals surface area contributed by atoms with Gasteiger partial charge < -0.3 is 10.1 Å². The molecule has 4 heteroatoms. The molecule has 20 heavy (non-hydrogen) atoms. The van der Waals surface area contributed by atoms with Gasteiger partial charge in [-0.2, -0.15) is 0 Å². The summed E-state index contributed by atoms with van der Waals surface area (Å²) in [6.45, 7) is 2.57. The number of nitrogens with one attached hydrogen (secondary N) is 1. The fraction of sp³-hybridized carbons (Fsp3) is 0.188. The SMILES string of the molecule is COC(=O)c1cc(F)ccc1NCc1ccc(C)cc1. The number of ether oxygens (including phenoxy) is 1. The van der Waals surface area contributed by atoms with Gasteiger partial charge in [0.05, 0.1) is 12.7 Å². The van der Waals surface area contributed by atoms with Gasteiger partial charge in [-0.25, -0.2) is 9.18 Å². The predicted molar refractivity (Wildman–Crippen MR) is 76.2 cm³/mol. The highest BCUT2D eigenvalue weighted by Crippen LogP contribution is 2.19. The molecule has 104 valence electrons. The molecule has 2 aromatic rings. The molecule has 1 N–H and O–H groups in total. The van der Waals surface area contributed by atoms with E-state index in [-0.39, 0.29) is 5.56 Å². The van der Waals surface area contributed by atoms with Gasteiger partial charge in [0.2, 0.25) is 0 Å². The van der Waals surface area contributed by atoms with Gasteiger partial charge in [0.1, 0.15) is 5.82 Å². The lowest BCUT2D eigenvalue weighted by Crippen LogP contribution is -2.08. The first kappa shape index (κ1) is 14.1. The number of anilines is 1. The molecular weight excluding hydrogens is 257 g/mol. The summed E-state index contributed by atoms with van der Waals surface area (Å²) in [5.41, 5.74) is 3.01. The maximum absolute atomic E-state index is 13.2. The highest BCUT2D eigenvalue weighted by molar-refractivity contribution is 5.95. The molecule has 2 aromatic carbocycles. The minimum absolute atomic E-state index is 0.194.